The van der Waals surface area contributed by atoms with Gasteiger partial charge in [-0.2, -0.15) is 5.10 Å². The third-order valence-corrected chi connectivity index (χ3v) is 4.96. The number of carbonyl (C=O) groups is 1. The fraction of sp³-hybridized carbons (Fsp3) is 0.600. The molecule has 0 spiro atoms. The van der Waals surface area contributed by atoms with Crippen molar-refractivity contribution in [3.8, 4) is 0 Å². The summed E-state index contributed by atoms with van der Waals surface area (Å²) in [6.45, 7) is 3.85. The fourth-order valence-corrected chi connectivity index (χ4v) is 2.37. The van der Waals surface area contributed by atoms with E-state index in [0.717, 1.165) is 5.69 Å². The van der Waals surface area contributed by atoms with Crippen LogP contribution in [0.5, 0.6) is 0 Å². The third kappa shape index (κ3) is 2.85. The lowest BCUT2D eigenvalue weighted by Crippen LogP contribution is -2.49. The van der Waals surface area contributed by atoms with E-state index in [0.29, 0.717) is 16.2 Å². The molecular formula is C10H15Br2N3O. The Hall–Kier alpha value is -0.360. The van der Waals surface area contributed by atoms with E-state index in [1.165, 1.54) is 0 Å². The topological polar surface area (TPSA) is 46.9 Å². The number of alkyl halides is 2. The second-order valence-electron chi connectivity index (χ2n) is 4.05. The van der Waals surface area contributed by atoms with E-state index < -0.39 is 0 Å². The van der Waals surface area contributed by atoms with Gasteiger partial charge in [0.2, 0.25) is 0 Å². The average Bonchev–Trinajstić information content (AvgIpc) is 2.59. The Labute approximate surface area is 112 Å². The zero-order valence-corrected chi connectivity index (χ0v) is 12.7. The summed E-state index contributed by atoms with van der Waals surface area (Å²) in [4.78, 5) is 12.0. The van der Waals surface area contributed by atoms with E-state index in [1.54, 1.807) is 10.9 Å². The second-order valence-corrected chi connectivity index (χ2v) is 5.17. The molecule has 1 aromatic heterocycles. The van der Waals surface area contributed by atoms with Crippen LogP contribution in [0.25, 0.3) is 0 Å². The fourth-order valence-electron chi connectivity index (χ4n) is 1.17. The molecular weight excluding hydrogens is 338 g/mol. The number of carbonyl (C=O) groups excluding carboxylic acids is 1. The first-order chi connectivity index (χ1) is 7.43. The van der Waals surface area contributed by atoms with E-state index in [9.17, 15) is 4.79 Å². The van der Waals surface area contributed by atoms with Crippen molar-refractivity contribution in [1.29, 1.82) is 0 Å². The Bertz CT molecular complexity index is 385. The quantitative estimate of drug-likeness (QED) is 0.842. The lowest BCUT2D eigenvalue weighted by molar-refractivity contribution is 0.0922. The SMILES string of the molecule is Cc1c(C(=O)NC(C)(CBr)CBr)cnn1C. The molecule has 0 aromatic carbocycles. The van der Waals surface area contributed by atoms with E-state index in [1.807, 2.05) is 20.9 Å². The van der Waals surface area contributed by atoms with Gasteiger partial charge in [-0.3, -0.25) is 9.48 Å². The molecule has 1 rings (SSSR count). The van der Waals surface area contributed by atoms with Crippen LogP contribution >= 0.6 is 31.9 Å². The predicted molar refractivity (Wildman–Crippen MR) is 71.4 cm³/mol. The van der Waals surface area contributed by atoms with Crippen LogP contribution in [0, 0.1) is 6.92 Å². The first-order valence-electron chi connectivity index (χ1n) is 4.86. The molecule has 1 N–H and O–H groups in total. The third-order valence-electron chi connectivity index (χ3n) is 2.49. The summed E-state index contributed by atoms with van der Waals surface area (Å²) in [6, 6.07) is 0. The van der Waals surface area contributed by atoms with Crippen molar-refractivity contribution >= 4 is 37.8 Å². The molecule has 0 aliphatic heterocycles. The van der Waals surface area contributed by atoms with Crippen LogP contribution in [-0.4, -0.2) is 31.9 Å². The Morgan fingerprint density at radius 1 is 1.56 bits per heavy atom. The van der Waals surface area contributed by atoms with E-state index in [2.05, 4.69) is 42.3 Å². The molecule has 0 saturated carbocycles. The zero-order valence-electron chi connectivity index (χ0n) is 9.55. The summed E-state index contributed by atoms with van der Waals surface area (Å²) >= 11 is 6.78. The number of nitrogens with zero attached hydrogens (tertiary/aromatic N) is 2. The van der Waals surface area contributed by atoms with Gasteiger partial charge in [0, 0.05) is 23.4 Å². The highest BCUT2D eigenvalue weighted by molar-refractivity contribution is 9.09. The number of amides is 1. The molecule has 4 nitrogen and oxygen atoms in total. The molecule has 0 aliphatic carbocycles. The van der Waals surface area contributed by atoms with Crippen molar-refractivity contribution in [3.63, 3.8) is 0 Å². The second kappa shape index (κ2) is 5.31. The van der Waals surface area contributed by atoms with Gasteiger partial charge >= 0.3 is 0 Å². The molecule has 0 fully saturated rings. The monoisotopic (exact) mass is 351 g/mol. The molecule has 1 amide bonds. The van der Waals surface area contributed by atoms with Crippen molar-refractivity contribution < 1.29 is 4.79 Å². The van der Waals surface area contributed by atoms with Gasteiger partial charge in [-0.1, -0.05) is 31.9 Å². The standard InChI is InChI=1S/C10H15Br2N3O/c1-7-8(4-13-15(7)3)9(16)14-10(2,5-11)6-12/h4H,5-6H2,1-3H3,(H,14,16). The maximum absolute atomic E-state index is 12.0. The van der Waals surface area contributed by atoms with Gasteiger partial charge in [0.05, 0.1) is 17.3 Å². The summed E-state index contributed by atoms with van der Waals surface area (Å²) in [5.41, 5.74) is 1.19. The Morgan fingerprint density at radius 2 is 2.12 bits per heavy atom. The molecule has 0 bridgehead atoms. The first-order valence-corrected chi connectivity index (χ1v) is 7.11. The Morgan fingerprint density at radius 3 is 2.50 bits per heavy atom. The number of rotatable bonds is 4. The van der Waals surface area contributed by atoms with Gasteiger partial charge in [0.25, 0.3) is 5.91 Å². The van der Waals surface area contributed by atoms with Crippen molar-refractivity contribution in [2.24, 2.45) is 7.05 Å². The van der Waals surface area contributed by atoms with Gasteiger partial charge < -0.3 is 5.32 Å². The molecule has 1 aromatic rings. The van der Waals surface area contributed by atoms with Crippen LogP contribution in [0.2, 0.25) is 0 Å². The largest absolute Gasteiger partial charge is 0.345 e. The van der Waals surface area contributed by atoms with Crippen LogP contribution in [0.1, 0.15) is 23.0 Å². The van der Waals surface area contributed by atoms with Crippen LogP contribution in [0.4, 0.5) is 0 Å². The van der Waals surface area contributed by atoms with Crippen LogP contribution in [-0.2, 0) is 7.05 Å². The van der Waals surface area contributed by atoms with Gasteiger partial charge in [-0.05, 0) is 13.8 Å². The van der Waals surface area contributed by atoms with Gasteiger partial charge in [-0.15, -0.1) is 0 Å². The molecule has 0 radical (unpaired) electrons. The molecule has 0 saturated heterocycles. The number of halogens is 2. The molecule has 90 valence electrons. The maximum atomic E-state index is 12.0. The first kappa shape index (κ1) is 13.7. The minimum atomic E-state index is -0.292. The summed E-state index contributed by atoms with van der Waals surface area (Å²) in [6.07, 6.45) is 1.59. The Balaban J connectivity index is 2.84. The average molecular weight is 353 g/mol. The van der Waals surface area contributed by atoms with Crippen molar-refractivity contribution in [2.45, 2.75) is 19.4 Å². The molecule has 6 heteroatoms. The van der Waals surface area contributed by atoms with Gasteiger partial charge in [0.15, 0.2) is 0 Å². The minimum Gasteiger partial charge on any atom is -0.345 e. The number of aromatic nitrogens is 2. The molecule has 0 atom stereocenters. The number of hydrogen-bond donors (Lipinski definition) is 1. The number of nitrogens with one attached hydrogen (secondary N) is 1. The minimum absolute atomic E-state index is 0.0907. The van der Waals surface area contributed by atoms with E-state index in [-0.39, 0.29) is 11.4 Å². The summed E-state index contributed by atoms with van der Waals surface area (Å²) in [5, 5.41) is 8.41. The number of hydrogen-bond acceptors (Lipinski definition) is 2. The molecule has 0 aliphatic rings. The van der Waals surface area contributed by atoms with Crippen molar-refractivity contribution in [1.82, 2.24) is 15.1 Å². The van der Waals surface area contributed by atoms with Crippen LogP contribution in [0.3, 0.4) is 0 Å². The summed E-state index contributed by atoms with van der Waals surface area (Å²) < 4.78 is 1.69. The Kier molecular flexibility index (Phi) is 4.55. The smallest absolute Gasteiger partial charge is 0.255 e. The molecule has 0 unspecified atom stereocenters. The van der Waals surface area contributed by atoms with E-state index in [4.69, 9.17) is 0 Å². The highest BCUT2D eigenvalue weighted by Crippen LogP contribution is 2.14. The summed E-state index contributed by atoms with van der Waals surface area (Å²) in [7, 11) is 1.82. The van der Waals surface area contributed by atoms with Gasteiger partial charge in [0.1, 0.15) is 0 Å². The molecule has 16 heavy (non-hydrogen) atoms. The van der Waals surface area contributed by atoms with E-state index >= 15 is 0 Å². The van der Waals surface area contributed by atoms with Crippen LogP contribution < -0.4 is 5.32 Å². The van der Waals surface area contributed by atoms with Crippen LogP contribution in [0.15, 0.2) is 6.20 Å². The van der Waals surface area contributed by atoms with Crippen molar-refractivity contribution in [3.05, 3.63) is 17.5 Å². The molecule has 1 heterocycles. The maximum Gasteiger partial charge on any atom is 0.255 e. The summed E-state index contributed by atoms with van der Waals surface area (Å²) in [5.74, 6) is -0.0907. The zero-order chi connectivity index (χ0) is 12.3. The lowest BCUT2D eigenvalue weighted by Gasteiger charge is -2.26. The highest BCUT2D eigenvalue weighted by Gasteiger charge is 2.25. The van der Waals surface area contributed by atoms with Crippen molar-refractivity contribution in [2.75, 3.05) is 10.7 Å². The number of aryl methyl sites for hydroxylation is 1. The van der Waals surface area contributed by atoms with Gasteiger partial charge in [-0.25, -0.2) is 0 Å². The lowest BCUT2D eigenvalue weighted by atomic mass is 10.1. The normalized spacial score (nSPS) is 11.6. The predicted octanol–water partition coefficient (Wildman–Crippen LogP) is 2.01. The highest BCUT2D eigenvalue weighted by atomic mass is 79.9.